The molecule has 108 valence electrons. The number of carbonyl (C=O) groups excluding carboxylic acids is 1. The Morgan fingerprint density at radius 1 is 1.32 bits per heavy atom. The molecule has 0 aliphatic carbocycles. The Kier molecular flexibility index (Phi) is 4.93. The quantitative estimate of drug-likeness (QED) is 0.697. The lowest BCUT2D eigenvalue weighted by Gasteiger charge is -2.25. The molecular formula is C12H20N2O4S. The highest BCUT2D eigenvalue weighted by molar-refractivity contribution is 7.99. The molecule has 2 saturated heterocycles. The summed E-state index contributed by atoms with van der Waals surface area (Å²) in [5, 5.41) is 21.3. The number of carbonyl (C=O) groups is 2. The normalized spacial score (nSPS) is 28.4. The molecule has 19 heavy (non-hydrogen) atoms. The molecule has 2 heterocycles. The summed E-state index contributed by atoms with van der Waals surface area (Å²) in [4.78, 5) is 24.2. The fourth-order valence-corrected chi connectivity index (χ4v) is 3.76. The second-order valence-electron chi connectivity index (χ2n) is 5.14. The molecule has 2 fully saturated rings. The number of rotatable bonds is 3. The van der Waals surface area contributed by atoms with E-state index in [9.17, 15) is 14.7 Å². The van der Waals surface area contributed by atoms with Gasteiger partial charge in [-0.3, -0.25) is 0 Å². The number of aliphatic carboxylic acids is 1. The van der Waals surface area contributed by atoms with E-state index in [1.165, 1.54) is 4.90 Å². The monoisotopic (exact) mass is 288 g/mol. The van der Waals surface area contributed by atoms with Crippen molar-refractivity contribution in [2.24, 2.45) is 5.92 Å². The second-order valence-corrected chi connectivity index (χ2v) is 6.36. The molecule has 6 nitrogen and oxygen atoms in total. The Balaban J connectivity index is 1.82. The number of nitrogens with one attached hydrogen (secondary N) is 1. The first kappa shape index (κ1) is 14.5. The van der Waals surface area contributed by atoms with Crippen molar-refractivity contribution in [1.29, 1.82) is 0 Å². The number of likely N-dealkylation sites (tertiary alicyclic amines) is 1. The second kappa shape index (κ2) is 6.47. The topological polar surface area (TPSA) is 89.9 Å². The zero-order valence-corrected chi connectivity index (χ0v) is 11.6. The highest BCUT2D eigenvalue weighted by atomic mass is 32.2. The van der Waals surface area contributed by atoms with Crippen LogP contribution in [0.3, 0.4) is 0 Å². The van der Waals surface area contributed by atoms with Gasteiger partial charge in [-0.15, -0.1) is 0 Å². The third-order valence-corrected chi connectivity index (χ3v) is 4.76. The van der Waals surface area contributed by atoms with Crippen LogP contribution < -0.4 is 5.32 Å². The lowest BCUT2D eigenvalue weighted by atomic mass is 10.0. The number of thioether (sulfide) groups is 1. The van der Waals surface area contributed by atoms with Gasteiger partial charge >= 0.3 is 12.0 Å². The number of aliphatic hydroxyl groups excluding tert-OH is 1. The summed E-state index contributed by atoms with van der Waals surface area (Å²) in [5.41, 5.74) is 0. The molecule has 0 aromatic carbocycles. The maximum atomic E-state index is 12.0. The Bertz CT molecular complexity index is 347. The van der Waals surface area contributed by atoms with Crippen molar-refractivity contribution < 1.29 is 19.8 Å². The van der Waals surface area contributed by atoms with E-state index in [-0.39, 0.29) is 19.0 Å². The van der Waals surface area contributed by atoms with Gasteiger partial charge in [0.15, 0.2) is 0 Å². The molecule has 0 aromatic heterocycles. The number of amides is 2. The van der Waals surface area contributed by atoms with Crippen LogP contribution in [0.15, 0.2) is 0 Å². The van der Waals surface area contributed by atoms with Crippen molar-refractivity contribution in [3.8, 4) is 0 Å². The summed E-state index contributed by atoms with van der Waals surface area (Å²) < 4.78 is 0. The standard InChI is InChI=1S/C12H20N2O4S/c15-9-5-10(11(16)17)14(7-9)12(18)13-6-8-1-3-19-4-2-8/h8-10,15H,1-7H2,(H,13,18)(H,16,17)/t9?,10-/m0/s1. The van der Waals surface area contributed by atoms with Gasteiger partial charge in [0.2, 0.25) is 0 Å². The minimum atomic E-state index is -1.05. The molecule has 2 rings (SSSR count). The van der Waals surface area contributed by atoms with E-state index in [1.807, 2.05) is 11.8 Å². The maximum Gasteiger partial charge on any atom is 0.326 e. The van der Waals surface area contributed by atoms with Crippen LogP contribution in [0.2, 0.25) is 0 Å². The van der Waals surface area contributed by atoms with Gasteiger partial charge in [-0.1, -0.05) is 0 Å². The van der Waals surface area contributed by atoms with Crippen molar-refractivity contribution >= 4 is 23.8 Å². The Hall–Kier alpha value is -0.950. The first-order valence-corrected chi connectivity index (χ1v) is 7.76. The summed E-state index contributed by atoms with van der Waals surface area (Å²) in [6, 6.07) is -1.28. The van der Waals surface area contributed by atoms with Gasteiger partial charge in [-0.2, -0.15) is 11.8 Å². The van der Waals surface area contributed by atoms with Gasteiger partial charge in [-0.05, 0) is 30.3 Å². The number of aliphatic hydroxyl groups is 1. The lowest BCUT2D eigenvalue weighted by molar-refractivity contribution is -0.141. The van der Waals surface area contributed by atoms with Gasteiger partial charge in [0.1, 0.15) is 6.04 Å². The van der Waals surface area contributed by atoms with Gasteiger partial charge in [0, 0.05) is 19.5 Å². The number of carboxylic acid groups (broad SMARTS) is 1. The van der Waals surface area contributed by atoms with E-state index in [4.69, 9.17) is 5.11 Å². The van der Waals surface area contributed by atoms with Crippen LogP contribution in [0.5, 0.6) is 0 Å². The van der Waals surface area contributed by atoms with Crippen molar-refractivity contribution in [2.45, 2.75) is 31.4 Å². The Morgan fingerprint density at radius 2 is 2.00 bits per heavy atom. The highest BCUT2D eigenvalue weighted by Gasteiger charge is 2.38. The van der Waals surface area contributed by atoms with E-state index in [1.54, 1.807) is 0 Å². The van der Waals surface area contributed by atoms with Crippen LogP contribution in [0.4, 0.5) is 4.79 Å². The molecule has 0 radical (unpaired) electrons. The average molecular weight is 288 g/mol. The lowest BCUT2D eigenvalue weighted by Crippen LogP contribution is -2.47. The largest absolute Gasteiger partial charge is 0.480 e. The van der Waals surface area contributed by atoms with Crippen LogP contribution in [-0.2, 0) is 4.79 Å². The van der Waals surface area contributed by atoms with Crippen molar-refractivity contribution in [3.63, 3.8) is 0 Å². The van der Waals surface area contributed by atoms with Crippen LogP contribution >= 0.6 is 11.8 Å². The number of β-amino-alcohol motifs (C(OH)–C–C–N with tert-alkyl or cyclic N) is 1. The predicted octanol–water partition coefficient (Wildman–Crippen LogP) is 0.359. The summed E-state index contributed by atoms with van der Waals surface area (Å²) in [6.07, 6.45) is 1.56. The van der Waals surface area contributed by atoms with Crippen LogP contribution in [0.25, 0.3) is 0 Å². The molecule has 0 bridgehead atoms. The Morgan fingerprint density at radius 3 is 2.63 bits per heavy atom. The number of carboxylic acids is 1. The first-order chi connectivity index (χ1) is 9.08. The third-order valence-electron chi connectivity index (χ3n) is 3.71. The van der Waals surface area contributed by atoms with Gasteiger partial charge in [0.05, 0.1) is 6.10 Å². The number of hydrogen-bond acceptors (Lipinski definition) is 4. The SMILES string of the molecule is O=C(O)[C@@H]1CC(O)CN1C(=O)NCC1CCSCC1. The fraction of sp³-hybridized carbons (Fsp3) is 0.833. The number of nitrogens with zero attached hydrogens (tertiary/aromatic N) is 1. The molecule has 3 N–H and O–H groups in total. The molecule has 0 saturated carbocycles. The van der Waals surface area contributed by atoms with Crippen LogP contribution in [-0.4, -0.2) is 63.9 Å². The Labute approximate surface area is 116 Å². The van der Waals surface area contributed by atoms with Gasteiger partial charge in [0.25, 0.3) is 0 Å². The van der Waals surface area contributed by atoms with Crippen molar-refractivity contribution in [2.75, 3.05) is 24.6 Å². The zero-order chi connectivity index (χ0) is 13.8. The van der Waals surface area contributed by atoms with E-state index < -0.39 is 18.1 Å². The molecule has 0 aromatic rings. The molecular weight excluding hydrogens is 268 g/mol. The smallest absolute Gasteiger partial charge is 0.326 e. The molecule has 2 aliphatic rings. The van der Waals surface area contributed by atoms with E-state index in [0.717, 1.165) is 24.3 Å². The third kappa shape index (κ3) is 3.76. The van der Waals surface area contributed by atoms with Crippen LogP contribution in [0, 0.1) is 5.92 Å². The molecule has 2 aliphatic heterocycles. The average Bonchev–Trinajstić information content (AvgIpc) is 2.79. The molecule has 7 heteroatoms. The molecule has 1 unspecified atom stereocenters. The first-order valence-electron chi connectivity index (χ1n) is 6.61. The molecule has 2 atom stereocenters. The van der Waals surface area contributed by atoms with E-state index in [0.29, 0.717) is 12.5 Å². The van der Waals surface area contributed by atoms with Crippen LogP contribution in [0.1, 0.15) is 19.3 Å². The van der Waals surface area contributed by atoms with E-state index >= 15 is 0 Å². The summed E-state index contributed by atoms with van der Waals surface area (Å²) >= 11 is 1.93. The van der Waals surface area contributed by atoms with Gasteiger partial charge in [-0.25, -0.2) is 9.59 Å². The number of hydrogen-bond donors (Lipinski definition) is 3. The number of urea groups is 1. The minimum Gasteiger partial charge on any atom is -0.480 e. The minimum absolute atomic E-state index is 0.101. The maximum absolute atomic E-state index is 12.0. The molecule has 0 spiro atoms. The summed E-state index contributed by atoms with van der Waals surface area (Å²) in [5.74, 6) is 1.68. The highest BCUT2D eigenvalue weighted by Crippen LogP contribution is 2.22. The van der Waals surface area contributed by atoms with Crippen molar-refractivity contribution in [3.05, 3.63) is 0 Å². The molecule has 2 amide bonds. The van der Waals surface area contributed by atoms with Gasteiger partial charge < -0.3 is 20.4 Å². The predicted molar refractivity (Wildman–Crippen MR) is 72.2 cm³/mol. The summed E-state index contributed by atoms with van der Waals surface area (Å²) in [6.45, 7) is 0.696. The van der Waals surface area contributed by atoms with Crippen molar-refractivity contribution in [1.82, 2.24) is 10.2 Å². The fourth-order valence-electron chi connectivity index (χ4n) is 2.56. The summed E-state index contributed by atoms with van der Waals surface area (Å²) in [7, 11) is 0. The van der Waals surface area contributed by atoms with E-state index in [2.05, 4.69) is 5.32 Å². The zero-order valence-electron chi connectivity index (χ0n) is 10.7.